The number of benzene rings is 2. The van der Waals surface area contributed by atoms with Gasteiger partial charge in [0.15, 0.2) is 0 Å². The number of aromatic nitrogens is 4. The normalized spacial score (nSPS) is 11.5. The molecule has 0 spiro atoms. The number of nitrogens with zero attached hydrogens (tertiary/aromatic N) is 4. The van der Waals surface area contributed by atoms with Gasteiger partial charge in [-0.2, -0.15) is 0 Å². The van der Waals surface area contributed by atoms with Gasteiger partial charge < -0.3 is 9.30 Å². The first-order chi connectivity index (χ1) is 16.6. The zero-order chi connectivity index (χ0) is 23.7. The summed E-state index contributed by atoms with van der Waals surface area (Å²) in [7, 11) is 1.61. The van der Waals surface area contributed by atoms with E-state index in [9.17, 15) is 9.18 Å². The van der Waals surface area contributed by atoms with Crippen LogP contribution in [0.2, 0.25) is 5.02 Å². The van der Waals surface area contributed by atoms with E-state index in [2.05, 4.69) is 15.6 Å². The number of fused-ring (bicyclic) bond motifs is 2. The van der Waals surface area contributed by atoms with E-state index in [1.807, 2.05) is 48.5 Å². The second-order valence-electron chi connectivity index (χ2n) is 8.15. The van der Waals surface area contributed by atoms with Gasteiger partial charge in [0.2, 0.25) is 0 Å². The Bertz CT molecular complexity index is 1520. The number of alkyl halides is 1. The number of halogens is 2. The van der Waals surface area contributed by atoms with Gasteiger partial charge in [-0.25, -0.2) is 4.79 Å². The van der Waals surface area contributed by atoms with E-state index in [0.29, 0.717) is 31.0 Å². The van der Waals surface area contributed by atoms with E-state index in [1.165, 1.54) is 0 Å². The third kappa shape index (κ3) is 3.96. The fourth-order valence-corrected chi connectivity index (χ4v) is 4.64. The molecule has 0 aliphatic carbocycles. The fourth-order valence-electron chi connectivity index (χ4n) is 4.46. The van der Waals surface area contributed by atoms with Crippen molar-refractivity contribution in [3.8, 4) is 11.4 Å². The Balaban J connectivity index is 1.64. The van der Waals surface area contributed by atoms with Crippen LogP contribution in [0, 0.1) is 0 Å². The van der Waals surface area contributed by atoms with Crippen LogP contribution in [-0.2, 0) is 13.1 Å². The van der Waals surface area contributed by atoms with Crippen molar-refractivity contribution in [3.05, 3.63) is 88.2 Å². The summed E-state index contributed by atoms with van der Waals surface area (Å²) < 4.78 is 23.6. The molecular weight excluding hydrogens is 455 g/mol. The van der Waals surface area contributed by atoms with Crippen LogP contribution in [-0.4, -0.2) is 32.5 Å². The molecule has 0 aliphatic heterocycles. The summed E-state index contributed by atoms with van der Waals surface area (Å²) in [6, 6.07) is 17.0. The van der Waals surface area contributed by atoms with E-state index in [-0.39, 0.29) is 12.4 Å². The molecular formula is C26H24ClFN4O2. The topological polar surface area (TPSA) is 54.0 Å². The molecule has 0 atom stereocenters. The van der Waals surface area contributed by atoms with E-state index >= 15 is 0 Å². The zero-order valence-electron chi connectivity index (χ0n) is 18.7. The number of aryl methyl sites for hydroxylation is 1. The largest absolute Gasteiger partial charge is 0.497 e. The molecule has 2 aromatic carbocycles. The molecule has 5 rings (SSSR count). The van der Waals surface area contributed by atoms with Crippen molar-refractivity contribution in [2.24, 2.45) is 0 Å². The summed E-state index contributed by atoms with van der Waals surface area (Å²) in [6.45, 7) is 0.668. The molecule has 3 aromatic heterocycles. The second kappa shape index (κ2) is 9.35. The van der Waals surface area contributed by atoms with Crippen molar-refractivity contribution in [2.75, 3.05) is 13.8 Å². The number of hydrogen-bond acceptors (Lipinski definition) is 3. The maximum Gasteiger partial charge on any atom is 0.334 e. The van der Waals surface area contributed by atoms with Crippen molar-refractivity contribution in [1.29, 1.82) is 0 Å². The number of hydrogen-bond donors (Lipinski definition) is 0. The van der Waals surface area contributed by atoms with Crippen molar-refractivity contribution < 1.29 is 9.13 Å². The van der Waals surface area contributed by atoms with Gasteiger partial charge in [0.05, 0.1) is 43.2 Å². The average Bonchev–Trinajstić information content (AvgIpc) is 3.33. The Morgan fingerprint density at radius 3 is 2.56 bits per heavy atom. The number of imidazole rings is 1. The first kappa shape index (κ1) is 22.2. The third-order valence-corrected chi connectivity index (χ3v) is 6.33. The highest BCUT2D eigenvalue weighted by Gasteiger charge is 2.18. The standard InChI is InChI=1S/C26H24ClFN4O2/c1-34-22-7-5-20(6-8-22)32-24-10-12-29-16-25(24)31(26(32)33)17-21-15-18-14-19(27)4-9-23(18)30(21)13-3-2-11-28/h4-10,12,14-16H,2-3,11,13,17H2,1H3. The predicted molar refractivity (Wildman–Crippen MR) is 133 cm³/mol. The van der Waals surface area contributed by atoms with Gasteiger partial charge >= 0.3 is 5.69 Å². The Labute approximate surface area is 200 Å². The van der Waals surface area contributed by atoms with Gasteiger partial charge in [-0.3, -0.25) is 18.5 Å². The predicted octanol–water partition coefficient (Wildman–Crippen LogP) is 5.60. The molecule has 8 heteroatoms. The van der Waals surface area contributed by atoms with Crippen LogP contribution in [0.25, 0.3) is 27.6 Å². The minimum Gasteiger partial charge on any atom is -0.497 e. The van der Waals surface area contributed by atoms with Crippen LogP contribution in [0.15, 0.2) is 71.8 Å². The van der Waals surface area contributed by atoms with Gasteiger partial charge in [-0.05, 0) is 67.4 Å². The summed E-state index contributed by atoms with van der Waals surface area (Å²) in [5.74, 6) is 0.721. The monoisotopic (exact) mass is 478 g/mol. The van der Waals surface area contributed by atoms with Crippen LogP contribution >= 0.6 is 11.6 Å². The summed E-state index contributed by atoms with van der Waals surface area (Å²) in [5, 5.41) is 1.64. The van der Waals surface area contributed by atoms with Gasteiger partial charge in [0.25, 0.3) is 0 Å². The molecule has 3 heterocycles. The first-order valence-electron chi connectivity index (χ1n) is 11.1. The lowest BCUT2D eigenvalue weighted by Crippen LogP contribution is -2.24. The fraction of sp³-hybridized carbons (Fsp3) is 0.231. The van der Waals surface area contributed by atoms with Crippen molar-refractivity contribution in [3.63, 3.8) is 0 Å². The van der Waals surface area contributed by atoms with Gasteiger partial charge in [0.1, 0.15) is 5.75 Å². The molecule has 5 aromatic rings. The SMILES string of the molecule is COc1ccc(-n2c(=O)n(Cc3cc4cc(Cl)ccc4n3CCCCF)c3cnccc32)cc1. The van der Waals surface area contributed by atoms with Gasteiger partial charge in [0, 0.05) is 34.4 Å². The van der Waals surface area contributed by atoms with Gasteiger partial charge in [-0.1, -0.05) is 11.6 Å². The Morgan fingerprint density at radius 2 is 1.79 bits per heavy atom. The smallest absolute Gasteiger partial charge is 0.334 e. The van der Waals surface area contributed by atoms with Gasteiger partial charge in [-0.15, -0.1) is 0 Å². The highest BCUT2D eigenvalue weighted by molar-refractivity contribution is 6.31. The Morgan fingerprint density at radius 1 is 0.971 bits per heavy atom. The molecule has 0 radical (unpaired) electrons. The lowest BCUT2D eigenvalue weighted by molar-refractivity contribution is 0.414. The van der Waals surface area contributed by atoms with Crippen molar-refractivity contribution in [1.82, 2.24) is 18.7 Å². The van der Waals surface area contributed by atoms with Crippen LogP contribution in [0.5, 0.6) is 5.75 Å². The molecule has 0 N–H and O–H groups in total. The van der Waals surface area contributed by atoms with Crippen molar-refractivity contribution in [2.45, 2.75) is 25.9 Å². The lowest BCUT2D eigenvalue weighted by atomic mass is 10.2. The molecule has 0 bridgehead atoms. The van der Waals surface area contributed by atoms with E-state index < -0.39 is 0 Å². The Hall–Kier alpha value is -3.58. The number of unbranched alkanes of at least 4 members (excludes halogenated alkanes) is 1. The number of pyridine rings is 1. The quantitative estimate of drug-likeness (QED) is 0.273. The maximum atomic E-state index is 13.7. The summed E-state index contributed by atoms with van der Waals surface area (Å²) in [4.78, 5) is 17.9. The van der Waals surface area contributed by atoms with Crippen LogP contribution < -0.4 is 10.4 Å². The zero-order valence-corrected chi connectivity index (χ0v) is 19.5. The molecule has 6 nitrogen and oxygen atoms in total. The second-order valence-corrected chi connectivity index (χ2v) is 8.59. The highest BCUT2D eigenvalue weighted by Crippen LogP contribution is 2.26. The maximum absolute atomic E-state index is 13.7. The summed E-state index contributed by atoms with van der Waals surface area (Å²) in [5.41, 5.74) is 4.07. The molecule has 0 saturated heterocycles. The highest BCUT2D eigenvalue weighted by atomic mass is 35.5. The van der Waals surface area contributed by atoms with Crippen LogP contribution in [0.4, 0.5) is 4.39 Å². The minimum absolute atomic E-state index is 0.160. The third-order valence-electron chi connectivity index (χ3n) is 6.10. The molecule has 0 aliphatic rings. The van der Waals surface area contributed by atoms with E-state index in [0.717, 1.165) is 39.1 Å². The van der Waals surface area contributed by atoms with E-state index in [1.54, 1.807) is 28.6 Å². The number of ether oxygens (including phenoxy) is 1. The first-order valence-corrected chi connectivity index (χ1v) is 11.5. The molecule has 0 fully saturated rings. The number of rotatable bonds is 8. The van der Waals surface area contributed by atoms with Crippen LogP contribution in [0.1, 0.15) is 18.5 Å². The molecule has 34 heavy (non-hydrogen) atoms. The summed E-state index contributed by atoms with van der Waals surface area (Å²) in [6.07, 6.45) is 4.60. The van der Waals surface area contributed by atoms with Crippen molar-refractivity contribution >= 4 is 33.5 Å². The molecule has 174 valence electrons. The minimum atomic E-state index is -0.346. The molecule has 0 amide bonds. The van der Waals surface area contributed by atoms with E-state index in [4.69, 9.17) is 16.3 Å². The molecule has 0 unspecified atom stereocenters. The Kier molecular flexibility index (Phi) is 6.11. The summed E-state index contributed by atoms with van der Waals surface area (Å²) >= 11 is 6.23. The lowest BCUT2D eigenvalue weighted by Gasteiger charge is -2.11. The molecule has 0 saturated carbocycles. The average molecular weight is 479 g/mol. The van der Waals surface area contributed by atoms with Crippen LogP contribution in [0.3, 0.4) is 0 Å². The number of methoxy groups -OCH3 is 1.